The highest BCUT2D eigenvalue weighted by atomic mass is 32.2. The number of nitrogens with one attached hydrogen (secondary N) is 1. The molecule has 2 nitrogen and oxygen atoms in total. The Bertz CT molecular complexity index is 324. The standard InChI is InChI=1S/C11H15F3N2S/c1-2-15-6-3-7-17-10-5-4-9(8-16-10)11(12,13)14/h4-5,8,15H,2-3,6-7H2,1H3. The van der Waals surface area contributed by atoms with Crippen LogP contribution in [0.15, 0.2) is 23.4 Å². The van der Waals surface area contributed by atoms with Crippen LogP contribution >= 0.6 is 11.8 Å². The maximum atomic E-state index is 12.3. The molecule has 0 aliphatic carbocycles. The molecule has 1 aromatic heterocycles. The predicted molar refractivity (Wildman–Crippen MR) is 63.1 cm³/mol. The summed E-state index contributed by atoms with van der Waals surface area (Å²) in [5, 5.41) is 3.81. The first-order valence-corrected chi connectivity index (χ1v) is 6.39. The fourth-order valence-corrected chi connectivity index (χ4v) is 1.97. The van der Waals surface area contributed by atoms with Crippen LogP contribution in [0, 0.1) is 0 Å². The Hall–Kier alpha value is -0.750. The Kier molecular flexibility index (Phi) is 5.77. The van der Waals surface area contributed by atoms with E-state index < -0.39 is 11.7 Å². The lowest BCUT2D eigenvalue weighted by molar-refractivity contribution is -0.137. The van der Waals surface area contributed by atoms with Gasteiger partial charge in [0.15, 0.2) is 0 Å². The number of nitrogens with zero attached hydrogens (tertiary/aromatic N) is 1. The van der Waals surface area contributed by atoms with Crippen molar-refractivity contribution in [3.63, 3.8) is 0 Å². The summed E-state index contributed by atoms with van der Waals surface area (Å²) in [6, 6.07) is 2.49. The Morgan fingerprint density at radius 2 is 2.12 bits per heavy atom. The van der Waals surface area contributed by atoms with Gasteiger partial charge in [0.1, 0.15) is 0 Å². The van der Waals surface area contributed by atoms with Crippen molar-refractivity contribution in [1.82, 2.24) is 10.3 Å². The molecule has 0 aromatic carbocycles. The highest BCUT2D eigenvalue weighted by Crippen LogP contribution is 2.29. The van der Waals surface area contributed by atoms with E-state index >= 15 is 0 Å². The quantitative estimate of drug-likeness (QED) is 0.631. The molecule has 1 aromatic rings. The predicted octanol–water partition coefficient (Wildman–Crippen LogP) is 3.19. The summed E-state index contributed by atoms with van der Waals surface area (Å²) in [5.74, 6) is 0.853. The zero-order valence-electron chi connectivity index (χ0n) is 9.55. The Morgan fingerprint density at radius 3 is 2.65 bits per heavy atom. The van der Waals surface area contributed by atoms with E-state index in [4.69, 9.17) is 0 Å². The third-order valence-electron chi connectivity index (χ3n) is 2.06. The Balaban J connectivity index is 2.36. The third-order valence-corrected chi connectivity index (χ3v) is 3.09. The molecule has 0 aliphatic heterocycles. The second kappa shape index (κ2) is 6.86. The molecule has 0 aliphatic rings. The van der Waals surface area contributed by atoms with Gasteiger partial charge in [-0.05, 0) is 31.6 Å². The molecular formula is C11H15F3N2S. The van der Waals surface area contributed by atoms with Gasteiger partial charge in [-0.2, -0.15) is 13.2 Å². The van der Waals surface area contributed by atoms with Crippen LogP contribution in [0.3, 0.4) is 0 Å². The molecule has 1 heterocycles. The van der Waals surface area contributed by atoms with Gasteiger partial charge in [0.05, 0.1) is 10.6 Å². The molecule has 1 rings (SSSR count). The monoisotopic (exact) mass is 264 g/mol. The molecule has 0 bridgehead atoms. The first-order chi connectivity index (χ1) is 8.04. The van der Waals surface area contributed by atoms with Crippen LogP contribution in [0.1, 0.15) is 18.9 Å². The molecule has 0 saturated carbocycles. The van der Waals surface area contributed by atoms with Crippen LogP contribution in [-0.4, -0.2) is 23.8 Å². The molecule has 17 heavy (non-hydrogen) atoms. The van der Waals surface area contributed by atoms with E-state index in [1.165, 1.54) is 17.8 Å². The van der Waals surface area contributed by atoms with Crippen LogP contribution in [0.5, 0.6) is 0 Å². The molecule has 0 unspecified atom stereocenters. The van der Waals surface area contributed by atoms with Crippen molar-refractivity contribution >= 4 is 11.8 Å². The van der Waals surface area contributed by atoms with E-state index in [0.29, 0.717) is 5.03 Å². The average Bonchev–Trinajstić information content (AvgIpc) is 2.28. The summed E-state index contributed by atoms with van der Waals surface area (Å²) in [5.41, 5.74) is -0.700. The number of thioether (sulfide) groups is 1. The number of aromatic nitrogens is 1. The lowest BCUT2D eigenvalue weighted by Gasteiger charge is -2.06. The van der Waals surface area contributed by atoms with Gasteiger partial charge in [-0.25, -0.2) is 4.98 Å². The van der Waals surface area contributed by atoms with Gasteiger partial charge in [0.25, 0.3) is 0 Å². The minimum absolute atomic E-state index is 0.634. The second-order valence-electron chi connectivity index (χ2n) is 3.44. The molecule has 0 spiro atoms. The van der Waals surface area contributed by atoms with E-state index in [1.807, 2.05) is 6.92 Å². The van der Waals surface area contributed by atoms with Gasteiger partial charge in [0, 0.05) is 11.9 Å². The Morgan fingerprint density at radius 1 is 1.35 bits per heavy atom. The van der Waals surface area contributed by atoms with Crippen molar-refractivity contribution in [2.24, 2.45) is 0 Å². The number of hydrogen-bond donors (Lipinski definition) is 1. The van der Waals surface area contributed by atoms with E-state index in [0.717, 1.165) is 37.5 Å². The van der Waals surface area contributed by atoms with Crippen LogP contribution in [0.4, 0.5) is 13.2 Å². The fraction of sp³-hybridized carbons (Fsp3) is 0.545. The van der Waals surface area contributed by atoms with E-state index in [9.17, 15) is 13.2 Å². The van der Waals surface area contributed by atoms with Gasteiger partial charge < -0.3 is 5.32 Å². The lowest BCUT2D eigenvalue weighted by Crippen LogP contribution is -2.14. The van der Waals surface area contributed by atoms with E-state index in [-0.39, 0.29) is 0 Å². The summed E-state index contributed by atoms with van der Waals surface area (Å²) in [7, 11) is 0. The summed E-state index contributed by atoms with van der Waals surface area (Å²) < 4.78 is 36.8. The van der Waals surface area contributed by atoms with Gasteiger partial charge >= 0.3 is 6.18 Å². The molecule has 0 saturated heterocycles. The van der Waals surface area contributed by atoms with Crippen LogP contribution in [-0.2, 0) is 6.18 Å². The summed E-state index contributed by atoms with van der Waals surface area (Å²) in [4.78, 5) is 3.79. The summed E-state index contributed by atoms with van der Waals surface area (Å²) in [6.45, 7) is 3.89. The molecule has 0 fully saturated rings. The molecule has 0 amide bonds. The van der Waals surface area contributed by atoms with Crippen molar-refractivity contribution in [2.75, 3.05) is 18.8 Å². The van der Waals surface area contributed by atoms with Gasteiger partial charge in [-0.1, -0.05) is 6.92 Å². The number of pyridine rings is 1. The fourth-order valence-electron chi connectivity index (χ4n) is 1.18. The largest absolute Gasteiger partial charge is 0.417 e. The smallest absolute Gasteiger partial charge is 0.317 e. The zero-order chi connectivity index (χ0) is 12.7. The first kappa shape index (κ1) is 14.3. The zero-order valence-corrected chi connectivity index (χ0v) is 10.4. The molecule has 96 valence electrons. The van der Waals surface area contributed by atoms with Gasteiger partial charge in [-0.3, -0.25) is 0 Å². The molecule has 6 heteroatoms. The highest BCUT2D eigenvalue weighted by molar-refractivity contribution is 7.99. The second-order valence-corrected chi connectivity index (χ2v) is 4.55. The number of hydrogen-bond acceptors (Lipinski definition) is 3. The van der Waals surface area contributed by atoms with Crippen LogP contribution < -0.4 is 5.32 Å². The third kappa shape index (κ3) is 5.41. The van der Waals surface area contributed by atoms with Crippen LogP contribution in [0.2, 0.25) is 0 Å². The molecule has 0 atom stereocenters. The average molecular weight is 264 g/mol. The minimum Gasteiger partial charge on any atom is -0.317 e. The first-order valence-electron chi connectivity index (χ1n) is 5.41. The minimum atomic E-state index is -4.30. The number of alkyl halides is 3. The van der Waals surface area contributed by atoms with Crippen molar-refractivity contribution < 1.29 is 13.2 Å². The van der Waals surface area contributed by atoms with Gasteiger partial charge in [0.2, 0.25) is 0 Å². The summed E-state index contributed by atoms with van der Waals surface area (Å²) in [6.07, 6.45) is -2.45. The molecular weight excluding hydrogens is 249 g/mol. The van der Waals surface area contributed by atoms with Crippen LogP contribution in [0.25, 0.3) is 0 Å². The van der Waals surface area contributed by atoms with Crippen molar-refractivity contribution in [3.05, 3.63) is 23.9 Å². The van der Waals surface area contributed by atoms with Crippen molar-refractivity contribution in [2.45, 2.75) is 24.5 Å². The molecule has 1 N–H and O–H groups in total. The highest BCUT2D eigenvalue weighted by Gasteiger charge is 2.30. The summed E-state index contributed by atoms with van der Waals surface area (Å²) >= 11 is 1.47. The topological polar surface area (TPSA) is 24.9 Å². The van der Waals surface area contributed by atoms with Crippen molar-refractivity contribution in [1.29, 1.82) is 0 Å². The van der Waals surface area contributed by atoms with E-state index in [2.05, 4.69) is 10.3 Å². The van der Waals surface area contributed by atoms with Gasteiger partial charge in [-0.15, -0.1) is 11.8 Å². The maximum absolute atomic E-state index is 12.3. The number of halogens is 3. The number of rotatable bonds is 6. The molecule has 0 radical (unpaired) electrons. The Labute approximate surface area is 103 Å². The van der Waals surface area contributed by atoms with E-state index in [1.54, 1.807) is 0 Å². The lowest BCUT2D eigenvalue weighted by atomic mass is 10.3. The SMILES string of the molecule is CCNCCCSc1ccc(C(F)(F)F)cn1. The maximum Gasteiger partial charge on any atom is 0.417 e. The normalized spacial score (nSPS) is 11.8. The van der Waals surface area contributed by atoms with Crippen molar-refractivity contribution in [3.8, 4) is 0 Å².